The Balaban J connectivity index is 1.76. The summed E-state index contributed by atoms with van der Waals surface area (Å²) in [6.45, 7) is 8.98. The van der Waals surface area contributed by atoms with E-state index in [1.807, 2.05) is 51.1 Å². The van der Waals surface area contributed by atoms with Crippen molar-refractivity contribution in [3.05, 3.63) is 86.4 Å². The van der Waals surface area contributed by atoms with Crippen molar-refractivity contribution >= 4 is 40.0 Å². The first-order valence-electron chi connectivity index (χ1n) is 10.9. The fraction of sp³-hybridized carbons (Fsp3) is 0.269. The topological polar surface area (TPSA) is 56.9 Å². The molecule has 2 aromatic heterocycles. The third kappa shape index (κ3) is 4.50. The van der Waals surface area contributed by atoms with E-state index in [2.05, 4.69) is 11.5 Å². The van der Waals surface area contributed by atoms with Gasteiger partial charge in [0, 0.05) is 28.5 Å². The minimum absolute atomic E-state index is 0.0206. The Hall–Kier alpha value is -2.83. The first-order valence-corrected chi connectivity index (χ1v) is 12.3. The van der Waals surface area contributed by atoms with Crippen LogP contribution < -0.4 is 5.56 Å². The van der Waals surface area contributed by atoms with Crippen LogP contribution in [-0.4, -0.2) is 25.7 Å². The van der Waals surface area contributed by atoms with Gasteiger partial charge in [0.05, 0.1) is 22.3 Å². The van der Waals surface area contributed by atoms with Crippen LogP contribution in [0.5, 0.6) is 0 Å². The molecule has 0 spiro atoms. The van der Waals surface area contributed by atoms with Crippen molar-refractivity contribution in [3.63, 3.8) is 0 Å². The van der Waals surface area contributed by atoms with E-state index in [0.717, 1.165) is 41.2 Å². The van der Waals surface area contributed by atoms with Crippen LogP contribution in [0.25, 0.3) is 16.6 Å². The number of nitrogens with zero attached hydrogens (tertiary/aromatic N) is 3. The Morgan fingerprint density at radius 2 is 1.85 bits per heavy atom. The quantitative estimate of drug-likeness (QED) is 0.181. The molecule has 0 saturated heterocycles. The summed E-state index contributed by atoms with van der Waals surface area (Å²) in [6.07, 6.45) is 1.00. The average Bonchev–Trinajstić information content (AvgIpc) is 3.07. The number of thioether (sulfide) groups is 1. The Kier molecular flexibility index (Phi) is 6.77. The zero-order valence-corrected chi connectivity index (χ0v) is 20.8. The third-order valence-electron chi connectivity index (χ3n) is 5.81. The summed E-state index contributed by atoms with van der Waals surface area (Å²) >= 11 is 7.44. The number of para-hydroxylation sites is 1. The number of carbonyl (C=O) groups excluding carboxylic acids is 1. The Morgan fingerprint density at radius 3 is 2.58 bits per heavy atom. The lowest BCUT2D eigenvalue weighted by Gasteiger charge is -2.15. The number of aryl methyl sites for hydroxylation is 2. The molecular formula is C26H26ClN3O2S. The summed E-state index contributed by atoms with van der Waals surface area (Å²) in [5, 5.41) is 1.47. The lowest BCUT2D eigenvalue weighted by atomic mass is 10.2. The molecule has 0 fully saturated rings. The van der Waals surface area contributed by atoms with Gasteiger partial charge in [-0.2, -0.15) is 0 Å². The second kappa shape index (κ2) is 9.57. The number of carbonyl (C=O) groups is 1. The lowest BCUT2D eigenvalue weighted by Crippen LogP contribution is -2.23. The highest BCUT2D eigenvalue weighted by molar-refractivity contribution is 7.99. The summed E-state index contributed by atoms with van der Waals surface area (Å²) < 4.78 is 3.78. The maximum atomic E-state index is 13.5. The van der Waals surface area contributed by atoms with E-state index in [0.29, 0.717) is 21.1 Å². The van der Waals surface area contributed by atoms with Crippen LogP contribution in [0.15, 0.2) is 58.5 Å². The van der Waals surface area contributed by atoms with Crippen LogP contribution in [0.3, 0.4) is 0 Å². The van der Waals surface area contributed by atoms with Crippen molar-refractivity contribution in [1.29, 1.82) is 0 Å². The molecule has 0 aliphatic rings. The van der Waals surface area contributed by atoms with Crippen LogP contribution in [0.4, 0.5) is 0 Å². The van der Waals surface area contributed by atoms with E-state index in [4.69, 9.17) is 16.6 Å². The molecule has 0 unspecified atom stereocenters. The summed E-state index contributed by atoms with van der Waals surface area (Å²) in [6, 6.07) is 14.7. The Morgan fingerprint density at radius 1 is 1.09 bits per heavy atom. The van der Waals surface area contributed by atoms with Gasteiger partial charge in [-0.05, 0) is 63.1 Å². The second-order valence-corrected chi connectivity index (χ2v) is 9.51. The van der Waals surface area contributed by atoms with Gasteiger partial charge in [0.25, 0.3) is 5.56 Å². The van der Waals surface area contributed by atoms with E-state index in [1.165, 1.54) is 11.8 Å². The number of hydrogen-bond acceptors (Lipinski definition) is 4. The van der Waals surface area contributed by atoms with Crippen molar-refractivity contribution in [1.82, 2.24) is 14.1 Å². The smallest absolute Gasteiger partial charge is 0.266 e. The molecule has 170 valence electrons. The maximum Gasteiger partial charge on any atom is 0.266 e. The van der Waals surface area contributed by atoms with Crippen LogP contribution in [0, 0.1) is 20.8 Å². The standard InChI is InChI=1S/C26H26ClN3O2S/c1-5-12-29-17(3)13-21(18(29)4)24(31)15-33-26-28-22-14-19(27)10-11-20(22)25(32)30(26)23-9-7-6-8-16(23)2/h6-11,13-14H,5,12,15H2,1-4H3. The van der Waals surface area contributed by atoms with Crippen LogP contribution >= 0.6 is 23.4 Å². The van der Waals surface area contributed by atoms with E-state index >= 15 is 0 Å². The van der Waals surface area contributed by atoms with Gasteiger partial charge < -0.3 is 4.57 Å². The average molecular weight is 480 g/mol. The van der Waals surface area contributed by atoms with Crippen molar-refractivity contribution in [3.8, 4) is 5.69 Å². The monoisotopic (exact) mass is 479 g/mol. The van der Waals surface area contributed by atoms with Gasteiger partial charge in [0.15, 0.2) is 10.9 Å². The van der Waals surface area contributed by atoms with Gasteiger partial charge in [0.1, 0.15) is 0 Å². The first-order chi connectivity index (χ1) is 15.8. The molecule has 0 atom stereocenters. The van der Waals surface area contributed by atoms with E-state index in [9.17, 15) is 9.59 Å². The fourth-order valence-corrected chi connectivity index (χ4v) is 5.18. The molecule has 2 heterocycles. The number of halogens is 1. The molecule has 2 aromatic carbocycles. The summed E-state index contributed by atoms with van der Waals surface area (Å²) in [7, 11) is 0. The number of hydrogen-bond donors (Lipinski definition) is 0. The molecule has 4 aromatic rings. The molecule has 0 aliphatic heterocycles. The highest BCUT2D eigenvalue weighted by Gasteiger charge is 2.19. The van der Waals surface area contributed by atoms with E-state index in [-0.39, 0.29) is 17.1 Å². The number of benzene rings is 2. The molecular weight excluding hydrogens is 454 g/mol. The molecule has 0 aliphatic carbocycles. The maximum absolute atomic E-state index is 13.5. The number of aromatic nitrogens is 3. The van der Waals surface area contributed by atoms with Crippen LogP contribution in [-0.2, 0) is 6.54 Å². The second-order valence-electron chi connectivity index (χ2n) is 8.13. The minimum atomic E-state index is -0.179. The zero-order valence-electron chi connectivity index (χ0n) is 19.2. The number of fused-ring (bicyclic) bond motifs is 1. The van der Waals surface area contributed by atoms with Gasteiger partial charge in [-0.15, -0.1) is 0 Å². The Bertz CT molecular complexity index is 1420. The highest BCUT2D eigenvalue weighted by atomic mass is 35.5. The van der Waals surface area contributed by atoms with Gasteiger partial charge >= 0.3 is 0 Å². The summed E-state index contributed by atoms with van der Waals surface area (Å²) in [5.74, 6) is 0.202. The van der Waals surface area contributed by atoms with Crippen LogP contribution in [0.2, 0.25) is 5.02 Å². The largest absolute Gasteiger partial charge is 0.348 e. The van der Waals surface area contributed by atoms with Crippen molar-refractivity contribution in [2.24, 2.45) is 0 Å². The third-order valence-corrected chi connectivity index (χ3v) is 6.98. The summed E-state index contributed by atoms with van der Waals surface area (Å²) in [5.41, 5.74) is 4.83. The van der Waals surface area contributed by atoms with Gasteiger partial charge in [0.2, 0.25) is 0 Å². The predicted molar refractivity (Wildman–Crippen MR) is 136 cm³/mol. The minimum Gasteiger partial charge on any atom is -0.348 e. The molecule has 4 rings (SSSR count). The SMILES string of the molecule is CCCn1c(C)cc(C(=O)CSc2nc3cc(Cl)ccc3c(=O)n2-c2ccccc2C)c1C. The van der Waals surface area contributed by atoms with Gasteiger partial charge in [-0.1, -0.05) is 48.5 Å². The van der Waals surface area contributed by atoms with Crippen molar-refractivity contribution in [2.75, 3.05) is 5.75 Å². The molecule has 0 bridgehead atoms. The van der Waals surface area contributed by atoms with Crippen LogP contribution in [0.1, 0.15) is 40.7 Å². The first kappa shape index (κ1) is 23.3. The molecule has 0 amide bonds. The molecule has 7 heteroatoms. The van der Waals surface area contributed by atoms with E-state index in [1.54, 1.807) is 22.8 Å². The number of rotatable bonds is 7. The normalized spacial score (nSPS) is 11.3. The molecule has 0 saturated carbocycles. The molecule has 0 N–H and O–H groups in total. The van der Waals surface area contributed by atoms with Gasteiger partial charge in [-0.3, -0.25) is 14.2 Å². The lowest BCUT2D eigenvalue weighted by molar-refractivity contribution is 0.102. The highest BCUT2D eigenvalue weighted by Crippen LogP contribution is 2.26. The fourth-order valence-electron chi connectivity index (χ4n) is 4.12. The molecule has 33 heavy (non-hydrogen) atoms. The Labute approximate surface area is 202 Å². The molecule has 5 nitrogen and oxygen atoms in total. The van der Waals surface area contributed by atoms with Crippen molar-refractivity contribution < 1.29 is 4.79 Å². The summed E-state index contributed by atoms with van der Waals surface area (Å²) in [4.78, 5) is 31.4. The number of ketones is 1. The predicted octanol–water partition coefficient (Wildman–Crippen LogP) is 6.15. The zero-order chi connectivity index (χ0) is 23.7. The van der Waals surface area contributed by atoms with Gasteiger partial charge in [-0.25, -0.2) is 4.98 Å². The molecule has 0 radical (unpaired) electrons. The van der Waals surface area contributed by atoms with Crippen molar-refractivity contribution in [2.45, 2.75) is 45.8 Å². The van der Waals surface area contributed by atoms with E-state index < -0.39 is 0 Å². The number of Topliss-reactive ketones (excluding diaryl/α,β-unsaturated/α-hetero) is 1.